The Labute approximate surface area is 116 Å². The highest BCUT2D eigenvalue weighted by molar-refractivity contribution is 7.08. The molecule has 0 spiro atoms. The molecule has 106 valence electrons. The maximum absolute atomic E-state index is 12.3. The summed E-state index contributed by atoms with van der Waals surface area (Å²) >= 11 is 1.05. The van der Waals surface area contributed by atoms with Crippen LogP contribution >= 0.6 is 11.5 Å². The van der Waals surface area contributed by atoms with Gasteiger partial charge in [0.25, 0.3) is 5.91 Å². The van der Waals surface area contributed by atoms with Crippen molar-refractivity contribution < 1.29 is 14.3 Å². The van der Waals surface area contributed by atoms with Crippen LogP contribution in [0.15, 0.2) is 0 Å². The lowest BCUT2D eigenvalue weighted by Gasteiger charge is -2.19. The first-order chi connectivity index (χ1) is 8.77. The number of esters is 1. The number of carbonyl (C=O) groups is 2. The molecule has 19 heavy (non-hydrogen) atoms. The molecule has 0 aliphatic heterocycles. The highest BCUT2D eigenvalue weighted by Crippen LogP contribution is 2.26. The van der Waals surface area contributed by atoms with Gasteiger partial charge in [-0.3, -0.25) is 9.59 Å². The molecule has 0 N–H and O–H groups in total. The molecule has 0 aliphatic rings. The van der Waals surface area contributed by atoms with Crippen molar-refractivity contribution in [3.05, 3.63) is 10.6 Å². The summed E-state index contributed by atoms with van der Waals surface area (Å²) in [6.07, 6.45) is 0. The average molecular weight is 285 g/mol. The van der Waals surface area contributed by atoms with Crippen LogP contribution in [0.3, 0.4) is 0 Å². The van der Waals surface area contributed by atoms with E-state index in [0.29, 0.717) is 17.2 Å². The largest absolute Gasteiger partial charge is 0.465 e. The van der Waals surface area contributed by atoms with Crippen molar-refractivity contribution in [3.63, 3.8) is 0 Å². The Bertz CT molecular complexity index is 465. The zero-order valence-electron chi connectivity index (χ0n) is 11.9. The lowest BCUT2D eigenvalue weighted by molar-refractivity contribution is -0.143. The third-order valence-electron chi connectivity index (χ3n) is 2.41. The van der Waals surface area contributed by atoms with Crippen LogP contribution in [0.1, 0.15) is 43.1 Å². The minimum absolute atomic E-state index is 0.0752. The highest BCUT2D eigenvalue weighted by atomic mass is 32.1. The van der Waals surface area contributed by atoms with Gasteiger partial charge >= 0.3 is 5.97 Å². The molecule has 0 bridgehead atoms. The summed E-state index contributed by atoms with van der Waals surface area (Å²) in [6, 6.07) is 0. The van der Waals surface area contributed by atoms with Gasteiger partial charge in [0.15, 0.2) is 0 Å². The van der Waals surface area contributed by atoms with Crippen molar-refractivity contribution in [2.45, 2.75) is 33.1 Å². The predicted octanol–water partition coefficient (Wildman–Crippen LogP) is 1.47. The Morgan fingerprint density at radius 2 is 2.00 bits per heavy atom. The third kappa shape index (κ3) is 3.99. The van der Waals surface area contributed by atoms with E-state index in [1.165, 1.54) is 4.90 Å². The molecule has 0 aliphatic carbocycles. The molecule has 1 aromatic rings. The van der Waals surface area contributed by atoms with Crippen LogP contribution in [0.25, 0.3) is 0 Å². The SMILES string of the molecule is CCOC(=O)CN(C)C(=O)c1snnc1C(C)(C)C. The predicted molar refractivity (Wildman–Crippen MR) is 72.2 cm³/mol. The Morgan fingerprint density at radius 1 is 1.37 bits per heavy atom. The third-order valence-corrected chi connectivity index (χ3v) is 3.12. The molecule has 6 nitrogen and oxygen atoms in total. The van der Waals surface area contributed by atoms with Gasteiger partial charge in [-0.25, -0.2) is 0 Å². The van der Waals surface area contributed by atoms with Gasteiger partial charge in [0.2, 0.25) is 0 Å². The quantitative estimate of drug-likeness (QED) is 0.783. The number of amides is 1. The van der Waals surface area contributed by atoms with Crippen LogP contribution in [0.4, 0.5) is 0 Å². The van der Waals surface area contributed by atoms with Gasteiger partial charge in [0.1, 0.15) is 11.4 Å². The van der Waals surface area contributed by atoms with E-state index >= 15 is 0 Å². The van der Waals surface area contributed by atoms with E-state index < -0.39 is 5.97 Å². The smallest absolute Gasteiger partial charge is 0.325 e. The molecule has 0 fully saturated rings. The Kier molecular flexibility index (Phi) is 4.99. The fraction of sp³-hybridized carbons (Fsp3) is 0.667. The van der Waals surface area contributed by atoms with Crippen LogP contribution < -0.4 is 0 Å². The molecule has 1 rings (SSSR count). The second kappa shape index (κ2) is 6.10. The minimum Gasteiger partial charge on any atom is -0.465 e. The number of aromatic nitrogens is 2. The van der Waals surface area contributed by atoms with Crippen LogP contribution in [0.5, 0.6) is 0 Å². The minimum atomic E-state index is -0.423. The maximum Gasteiger partial charge on any atom is 0.325 e. The maximum atomic E-state index is 12.3. The monoisotopic (exact) mass is 285 g/mol. The summed E-state index contributed by atoms with van der Waals surface area (Å²) in [5.74, 6) is -0.680. The zero-order chi connectivity index (χ0) is 14.6. The first-order valence-corrected chi connectivity index (χ1v) is 6.78. The first-order valence-electron chi connectivity index (χ1n) is 6.01. The van der Waals surface area contributed by atoms with E-state index in [1.54, 1.807) is 14.0 Å². The lowest BCUT2D eigenvalue weighted by Crippen LogP contribution is -2.34. The van der Waals surface area contributed by atoms with Gasteiger partial charge in [0.05, 0.1) is 12.3 Å². The number of ether oxygens (including phenoxy) is 1. The van der Waals surface area contributed by atoms with Gasteiger partial charge in [0, 0.05) is 12.5 Å². The van der Waals surface area contributed by atoms with E-state index in [0.717, 1.165) is 11.5 Å². The standard InChI is InChI=1S/C12H19N3O3S/c1-6-18-8(16)7-15(5)11(17)9-10(12(2,3)4)13-14-19-9/h6-7H2,1-5H3. The molecule has 0 atom stereocenters. The van der Waals surface area contributed by atoms with E-state index in [2.05, 4.69) is 9.59 Å². The lowest BCUT2D eigenvalue weighted by atomic mass is 9.91. The molecule has 1 amide bonds. The molecule has 0 unspecified atom stereocenters. The Balaban J connectivity index is 2.84. The van der Waals surface area contributed by atoms with E-state index in [4.69, 9.17) is 4.74 Å². The normalized spacial score (nSPS) is 11.2. The van der Waals surface area contributed by atoms with Crippen LogP contribution in [-0.2, 0) is 14.9 Å². The van der Waals surface area contributed by atoms with Crippen LogP contribution in [0.2, 0.25) is 0 Å². The number of hydrogen-bond acceptors (Lipinski definition) is 6. The fourth-order valence-electron chi connectivity index (χ4n) is 1.47. The highest BCUT2D eigenvalue weighted by Gasteiger charge is 2.28. The first kappa shape index (κ1) is 15.6. The van der Waals surface area contributed by atoms with Crippen molar-refractivity contribution in [2.24, 2.45) is 0 Å². The summed E-state index contributed by atoms with van der Waals surface area (Å²) in [7, 11) is 1.56. The van der Waals surface area contributed by atoms with E-state index in [1.807, 2.05) is 20.8 Å². The van der Waals surface area contributed by atoms with E-state index in [9.17, 15) is 9.59 Å². The zero-order valence-corrected chi connectivity index (χ0v) is 12.7. The van der Waals surface area contributed by atoms with Crippen molar-refractivity contribution in [3.8, 4) is 0 Å². The summed E-state index contributed by atoms with van der Waals surface area (Å²) in [4.78, 5) is 25.4. The molecule has 0 aromatic carbocycles. The summed E-state index contributed by atoms with van der Waals surface area (Å²) < 4.78 is 8.65. The van der Waals surface area contributed by atoms with Crippen molar-refractivity contribution in [2.75, 3.05) is 20.2 Å². The summed E-state index contributed by atoms with van der Waals surface area (Å²) in [5, 5.41) is 4.01. The van der Waals surface area contributed by atoms with E-state index in [-0.39, 0.29) is 17.9 Å². The molecule has 0 radical (unpaired) electrons. The number of hydrogen-bond donors (Lipinski definition) is 0. The number of carbonyl (C=O) groups excluding carboxylic acids is 2. The number of likely N-dealkylation sites (N-methyl/N-ethyl adjacent to an activating group) is 1. The topological polar surface area (TPSA) is 72.4 Å². The summed E-state index contributed by atoms with van der Waals surface area (Å²) in [6.45, 7) is 7.85. The second-order valence-electron chi connectivity index (χ2n) is 5.17. The molecule has 1 aromatic heterocycles. The van der Waals surface area contributed by atoms with Crippen molar-refractivity contribution in [1.29, 1.82) is 0 Å². The molecule has 0 saturated heterocycles. The molecular weight excluding hydrogens is 266 g/mol. The van der Waals surface area contributed by atoms with Gasteiger partial charge in [-0.05, 0) is 18.5 Å². The number of rotatable bonds is 4. The molecular formula is C12H19N3O3S. The Hall–Kier alpha value is -1.50. The molecule has 7 heteroatoms. The van der Waals surface area contributed by atoms with Gasteiger partial charge in [-0.1, -0.05) is 25.3 Å². The van der Waals surface area contributed by atoms with Crippen molar-refractivity contribution in [1.82, 2.24) is 14.5 Å². The molecule has 0 saturated carbocycles. The summed E-state index contributed by atoms with van der Waals surface area (Å²) in [5.41, 5.74) is 0.390. The Morgan fingerprint density at radius 3 is 2.53 bits per heavy atom. The molecule has 1 heterocycles. The van der Waals surface area contributed by atoms with Gasteiger partial charge in [-0.15, -0.1) is 5.10 Å². The second-order valence-corrected chi connectivity index (χ2v) is 5.92. The number of nitrogens with zero attached hydrogens (tertiary/aromatic N) is 3. The van der Waals surface area contributed by atoms with Crippen LogP contribution in [-0.4, -0.2) is 46.6 Å². The van der Waals surface area contributed by atoms with Crippen LogP contribution in [0, 0.1) is 0 Å². The fourth-order valence-corrected chi connectivity index (χ4v) is 2.34. The van der Waals surface area contributed by atoms with Crippen molar-refractivity contribution >= 4 is 23.4 Å². The van der Waals surface area contributed by atoms with Gasteiger partial charge < -0.3 is 9.64 Å². The van der Waals surface area contributed by atoms with Gasteiger partial charge in [-0.2, -0.15) is 0 Å². The average Bonchev–Trinajstić information content (AvgIpc) is 2.76.